The maximum absolute atomic E-state index is 12.4. The molecule has 1 aliphatic heterocycles. The number of carbonyl (C=O) groups excluding carboxylic acids is 2. The Morgan fingerprint density at radius 2 is 1.70 bits per heavy atom. The summed E-state index contributed by atoms with van der Waals surface area (Å²) >= 11 is 0. The normalized spacial score (nSPS) is 27.4. The van der Waals surface area contributed by atoms with E-state index < -0.39 is 0 Å². The van der Waals surface area contributed by atoms with E-state index >= 15 is 0 Å². The van der Waals surface area contributed by atoms with Crippen LogP contribution in [0.3, 0.4) is 0 Å². The maximum atomic E-state index is 12.4. The van der Waals surface area contributed by atoms with E-state index in [1.54, 1.807) is 12.1 Å². The van der Waals surface area contributed by atoms with Gasteiger partial charge in [-0.2, -0.15) is 0 Å². The molecule has 5 nitrogen and oxygen atoms in total. The van der Waals surface area contributed by atoms with Gasteiger partial charge < -0.3 is 15.4 Å². The molecule has 23 heavy (non-hydrogen) atoms. The number of ether oxygens (including phenoxy) is 1. The van der Waals surface area contributed by atoms with Crippen molar-refractivity contribution >= 4 is 11.8 Å². The quantitative estimate of drug-likeness (QED) is 0.891. The van der Waals surface area contributed by atoms with E-state index in [2.05, 4.69) is 10.6 Å². The Balaban J connectivity index is 1.55. The zero-order chi connectivity index (χ0) is 16.1. The Morgan fingerprint density at radius 3 is 2.39 bits per heavy atom. The highest BCUT2D eigenvalue weighted by atomic mass is 16.5. The summed E-state index contributed by atoms with van der Waals surface area (Å²) in [5, 5.41) is 6.19. The summed E-state index contributed by atoms with van der Waals surface area (Å²) in [6.45, 7) is 1.27. The molecule has 2 amide bonds. The van der Waals surface area contributed by atoms with Crippen molar-refractivity contribution in [3.63, 3.8) is 0 Å². The maximum Gasteiger partial charge on any atom is 0.251 e. The fraction of sp³-hybridized carbons (Fsp3) is 0.556. The van der Waals surface area contributed by atoms with Crippen LogP contribution in [0.2, 0.25) is 0 Å². The molecule has 1 saturated carbocycles. The number of hydrogen-bond donors (Lipinski definition) is 2. The van der Waals surface area contributed by atoms with E-state index in [0.717, 1.165) is 38.7 Å². The first-order valence-corrected chi connectivity index (χ1v) is 8.48. The van der Waals surface area contributed by atoms with Crippen molar-refractivity contribution in [1.82, 2.24) is 10.6 Å². The highest BCUT2D eigenvalue weighted by molar-refractivity contribution is 5.94. The molecule has 1 heterocycles. The van der Waals surface area contributed by atoms with Crippen LogP contribution in [-0.2, 0) is 9.53 Å². The lowest BCUT2D eigenvalue weighted by molar-refractivity contribution is -0.129. The van der Waals surface area contributed by atoms with Gasteiger partial charge in [0.25, 0.3) is 5.91 Å². The molecule has 2 fully saturated rings. The van der Waals surface area contributed by atoms with E-state index in [1.807, 2.05) is 18.2 Å². The highest BCUT2D eigenvalue weighted by Gasteiger charge is 2.32. The molecular formula is C18H24N2O3. The smallest absolute Gasteiger partial charge is 0.251 e. The molecule has 1 saturated heterocycles. The Kier molecular flexibility index (Phi) is 5.28. The van der Waals surface area contributed by atoms with Crippen LogP contribution < -0.4 is 10.6 Å². The van der Waals surface area contributed by atoms with Crippen molar-refractivity contribution in [2.45, 2.75) is 44.2 Å². The Hall–Kier alpha value is -1.88. The summed E-state index contributed by atoms with van der Waals surface area (Å²) in [5.41, 5.74) is 0.658. The average molecular weight is 316 g/mol. The van der Waals surface area contributed by atoms with Gasteiger partial charge in [-0.25, -0.2) is 0 Å². The van der Waals surface area contributed by atoms with Gasteiger partial charge in [0, 0.05) is 24.3 Å². The fourth-order valence-electron chi connectivity index (χ4n) is 3.39. The first-order valence-electron chi connectivity index (χ1n) is 8.48. The number of nitrogens with one attached hydrogen (secondary N) is 2. The number of amides is 2. The molecule has 2 N–H and O–H groups in total. The van der Waals surface area contributed by atoms with Crippen LogP contribution >= 0.6 is 0 Å². The van der Waals surface area contributed by atoms with Crippen molar-refractivity contribution in [2.75, 3.05) is 13.2 Å². The minimum Gasteiger partial charge on any atom is -0.381 e. The Labute approximate surface area is 136 Å². The van der Waals surface area contributed by atoms with Crippen molar-refractivity contribution in [3.8, 4) is 0 Å². The standard InChI is InChI=1S/C18H24N2O3/c21-17(13-6-2-1-3-7-13)19-15-9-4-10-16(15)20-18(22)14-8-5-11-23-12-14/h1-3,6-7,14-16H,4-5,8-12H2,(H,19,21)(H,20,22)/t14?,15-,16+/m1/s1. The van der Waals surface area contributed by atoms with Gasteiger partial charge in [-0.1, -0.05) is 18.2 Å². The van der Waals surface area contributed by atoms with E-state index in [-0.39, 0.29) is 29.8 Å². The molecule has 0 spiro atoms. The van der Waals surface area contributed by atoms with Gasteiger partial charge in [0.05, 0.1) is 12.5 Å². The number of hydrogen-bond acceptors (Lipinski definition) is 3. The van der Waals surface area contributed by atoms with E-state index in [0.29, 0.717) is 12.2 Å². The molecular weight excluding hydrogens is 292 g/mol. The predicted molar refractivity (Wildman–Crippen MR) is 87.0 cm³/mol. The summed E-state index contributed by atoms with van der Waals surface area (Å²) < 4.78 is 5.39. The lowest BCUT2D eigenvalue weighted by atomic mass is 10.0. The number of benzene rings is 1. The monoisotopic (exact) mass is 316 g/mol. The zero-order valence-electron chi connectivity index (χ0n) is 13.3. The highest BCUT2D eigenvalue weighted by Crippen LogP contribution is 2.21. The minimum atomic E-state index is -0.0715. The van der Waals surface area contributed by atoms with Crippen molar-refractivity contribution in [2.24, 2.45) is 5.92 Å². The minimum absolute atomic E-state index is 0.0103. The predicted octanol–water partition coefficient (Wildman–Crippen LogP) is 1.88. The number of carbonyl (C=O) groups is 2. The van der Waals surface area contributed by atoms with E-state index in [9.17, 15) is 9.59 Å². The second-order valence-corrected chi connectivity index (χ2v) is 6.41. The van der Waals surface area contributed by atoms with Crippen LogP contribution in [-0.4, -0.2) is 37.1 Å². The topological polar surface area (TPSA) is 67.4 Å². The molecule has 3 atom stereocenters. The molecule has 0 aromatic heterocycles. The van der Waals surface area contributed by atoms with Gasteiger partial charge >= 0.3 is 0 Å². The van der Waals surface area contributed by atoms with Gasteiger partial charge in [0.2, 0.25) is 5.91 Å². The molecule has 0 bridgehead atoms. The lowest BCUT2D eigenvalue weighted by Crippen LogP contribution is -2.50. The van der Waals surface area contributed by atoms with Crippen LogP contribution in [0.5, 0.6) is 0 Å². The second-order valence-electron chi connectivity index (χ2n) is 6.41. The average Bonchev–Trinajstić information content (AvgIpc) is 3.03. The Bertz CT molecular complexity index is 540. The summed E-state index contributed by atoms with van der Waals surface area (Å²) in [4.78, 5) is 24.6. The molecule has 0 radical (unpaired) electrons. The first-order chi connectivity index (χ1) is 11.2. The summed E-state index contributed by atoms with van der Waals surface area (Å²) in [7, 11) is 0. The van der Waals surface area contributed by atoms with Crippen LogP contribution in [0.4, 0.5) is 0 Å². The summed E-state index contributed by atoms with van der Waals surface area (Å²) in [5.74, 6) is -0.0527. The van der Waals surface area contributed by atoms with Gasteiger partial charge in [-0.15, -0.1) is 0 Å². The van der Waals surface area contributed by atoms with Gasteiger partial charge in [-0.3, -0.25) is 9.59 Å². The fourth-order valence-corrected chi connectivity index (χ4v) is 3.39. The van der Waals surface area contributed by atoms with Crippen LogP contribution in [0, 0.1) is 5.92 Å². The van der Waals surface area contributed by atoms with Gasteiger partial charge in [-0.05, 0) is 44.2 Å². The second kappa shape index (κ2) is 7.59. The molecule has 5 heteroatoms. The van der Waals surface area contributed by atoms with Gasteiger partial charge in [0.1, 0.15) is 0 Å². The van der Waals surface area contributed by atoms with E-state index in [4.69, 9.17) is 4.74 Å². The van der Waals surface area contributed by atoms with Gasteiger partial charge in [0.15, 0.2) is 0 Å². The molecule has 1 aromatic rings. The van der Waals surface area contributed by atoms with Crippen molar-refractivity contribution < 1.29 is 14.3 Å². The SMILES string of the molecule is O=C(N[C@@H]1CCC[C@@H]1NC(=O)C1CCCOC1)c1ccccc1. The third-order valence-electron chi connectivity index (χ3n) is 4.73. The van der Waals surface area contributed by atoms with E-state index in [1.165, 1.54) is 0 Å². The molecule has 1 unspecified atom stereocenters. The first kappa shape index (κ1) is 16.0. The van der Waals surface area contributed by atoms with Crippen LogP contribution in [0.1, 0.15) is 42.5 Å². The summed E-state index contributed by atoms with van der Waals surface area (Å²) in [6, 6.07) is 9.24. The molecule has 1 aliphatic carbocycles. The van der Waals surface area contributed by atoms with Crippen molar-refractivity contribution in [1.29, 1.82) is 0 Å². The number of rotatable bonds is 4. The van der Waals surface area contributed by atoms with Crippen molar-refractivity contribution in [3.05, 3.63) is 35.9 Å². The third kappa shape index (κ3) is 4.10. The Morgan fingerprint density at radius 1 is 0.957 bits per heavy atom. The third-order valence-corrected chi connectivity index (χ3v) is 4.73. The summed E-state index contributed by atoms with van der Waals surface area (Å²) in [6.07, 6.45) is 4.67. The molecule has 124 valence electrons. The molecule has 3 rings (SSSR count). The lowest BCUT2D eigenvalue weighted by Gasteiger charge is -2.26. The largest absolute Gasteiger partial charge is 0.381 e. The molecule has 1 aromatic carbocycles. The molecule has 2 aliphatic rings. The van der Waals surface area contributed by atoms with Crippen LogP contribution in [0.25, 0.3) is 0 Å². The van der Waals surface area contributed by atoms with Crippen LogP contribution in [0.15, 0.2) is 30.3 Å². The zero-order valence-corrected chi connectivity index (χ0v) is 13.3.